The van der Waals surface area contributed by atoms with Crippen molar-refractivity contribution in [3.63, 3.8) is 0 Å². The van der Waals surface area contributed by atoms with Gasteiger partial charge in [0.2, 0.25) is 0 Å². The van der Waals surface area contributed by atoms with Crippen LogP contribution in [0.4, 0.5) is 0 Å². The van der Waals surface area contributed by atoms with E-state index in [4.69, 9.17) is 37.0 Å². The zero-order chi connectivity index (χ0) is 69.0. The molecule has 0 amide bonds. The largest absolute Gasteiger partial charge is 0.472 e. The molecule has 17 nitrogen and oxygen atoms in total. The fourth-order valence-electron chi connectivity index (χ4n) is 11.0. The number of unbranched alkanes of at least 4 members (excludes halogenated alkanes) is 44. The summed E-state index contributed by atoms with van der Waals surface area (Å²) in [5.41, 5.74) is 0. The first-order valence-corrected chi connectivity index (χ1v) is 41.6. The third-order valence-electron chi connectivity index (χ3n) is 16.9. The normalized spacial score (nSPS) is 14.1. The van der Waals surface area contributed by atoms with E-state index in [9.17, 15) is 43.2 Å². The molecule has 0 aliphatic heterocycles. The van der Waals surface area contributed by atoms with Crippen molar-refractivity contribution in [1.29, 1.82) is 0 Å². The van der Waals surface area contributed by atoms with Gasteiger partial charge in [-0.2, -0.15) is 0 Å². The molecule has 0 aromatic carbocycles. The Morgan fingerprint density at radius 3 is 0.830 bits per heavy atom. The molecule has 0 saturated carbocycles. The number of hydrogen-bond acceptors (Lipinski definition) is 15. The quantitative estimate of drug-likeness (QED) is 0.0169. The Morgan fingerprint density at radius 2 is 0.543 bits per heavy atom. The van der Waals surface area contributed by atoms with Gasteiger partial charge in [-0.05, 0) is 51.4 Å². The van der Waals surface area contributed by atoms with Gasteiger partial charge in [-0.3, -0.25) is 37.3 Å². The molecule has 0 spiro atoms. The van der Waals surface area contributed by atoms with E-state index in [0.717, 1.165) is 122 Å². The highest BCUT2D eigenvalue weighted by Crippen LogP contribution is 2.45. The zero-order valence-electron chi connectivity index (χ0n) is 60.4. The lowest BCUT2D eigenvalue weighted by molar-refractivity contribution is -0.161. The van der Waals surface area contributed by atoms with Gasteiger partial charge in [-0.15, -0.1) is 0 Å². The molecule has 0 aromatic rings. The third kappa shape index (κ3) is 68.1. The van der Waals surface area contributed by atoms with E-state index < -0.39 is 97.5 Å². The monoisotopic (exact) mass is 1380 g/mol. The molecule has 94 heavy (non-hydrogen) atoms. The smallest absolute Gasteiger partial charge is 0.462 e. The molecule has 0 fully saturated rings. The highest BCUT2D eigenvalue weighted by molar-refractivity contribution is 7.47. The van der Waals surface area contributed by atoms with E-state index in [-0.39, 0.29) is 25.7 Å². The number of phosphoric ester groups is 2. The molecular weight excluding hydrogens is 1230 g/mol. The van der Waals surface area contributed by atoms with Crippen molar-refractivity contribution in [2.45, 2.75) is 393 Å². The van der Waals surface area contributed by atoms with Crippen molar-refractivity contribution >= 4 is 39.5 Å². The lowest BCUT2D eigenvalue weighted by Gasteiger charge is -2.21. The molecule has 0 aromatic heterocycles. The maximum Gasteiger partial charge on any atom is 0.472 e. The molecule has 0 radical (unpaired) electrons. The summed E-state index contributed by atoms with van der Waals surface area (Å²) in [4.78, 5) is 72.8. The lowest BCUT2D eigenvalue weighted by Crippen LogP contribution is -2.30. The molecule has 554 valence electrons. The predicted octanol–water partition coefficient (Wildman–Crippen LogP) is 21.8. The molecule has 19 heteroatoms. The van der Waals surface area contributed by atoms with Crippen molar-refractivity contribution in [1.82, 2.24) is 0 Å². The molecule has 0 saturated heterocycles. The van der Waals surface area contributed by atoms with Crippen LogP contribution in [0.5, 0.6) is 0 Å². The molecule has 0 aliphatic rings. The Morgan fingerprint density at radius 1 is 0.298 bits per heavy atom. The number of phosphoric acid groups is 2. The molecular formula is C75H142O17P2. The minimum atomic E-state index is -4.96. The molecule has 0 bridgehead atoms. The molecule has 5 unspecified atom stereocenters. The second-order valence-electron chi connectivity index (χ2n) is 26.3. The van der Waals surface area contributed by atoms with Crippen LogP contribution < -0.4 is 0 Å². The lowest BCUT2D eigenvalue weighted by atomic mass is 10.0. The number of allylic oxidation sites excluding steroid dienone is 4. The van der Waals surface area contributed by atoms with E-state index in [0.29, 0.717) is 25.7 Å². The van der Waals surface area contributed by atoms with E-state index in [1.807, 2.05) is 0 Å². The molecule has 0 rings (SSSR count). The van der Waals surface area contributed by atoms with Crippen molar-refractivity contribution < 1.29 is 80.2 Å². The zero-order valence-corrected chi connectivity index (χ0v) is 62.2. The fraction of sp³-hybridized carbons (Fsp3) is 0.893. The van der Waals surface area contributed by atoms with E-state index in [1.54, 1.807) is 0 Å². The van der Waals surface area contributed by atoms with Gasteiger partial charge in [0, 0.05) is 25.7 Å². The highest BCUT2D eigenvalue weighted by atomic mass is 31.2. The van der Waals surface area contributed by atoms with Crippen LogP contribution in [0.15, 0.2) is 24.3 Å². The van der Waals surface area contributed by atoms with Crippen LogP contribution in [0, 0.1) is 0 Å². The topological polar surface area (TPSA) is 237 Å². The predicted molar refractivity (Wildman–Crippen MR) is 381 cm³/mol. The summed E-state index contributed by atoms with van der Waals surface area (Å²) in [6.45, 7) is 4.89. The molecule has 0 aliphatic carbocycles. The van der Waals surface area contributed by atoms with Gasteiger partial charge in [0.05, 0.1) is 26.4 Å². The Hall–Kier alpha value is -2.46. The Labute approximate surface area is 573 Å². The fourth-order valence-corrected chi connectivity index (χ4v) is 12.6. The van der Waals surface area contributed by atoms with E-state index in [1.165, 1.54) is 173 Å². The standard InChI is InChI=1S/C75H142O17P2/c1-5-9-13-17-21-25-29-33-34-38-40-44-48-52-56-60-73(78)86-66-71(92-75(80)62-58-54-50-46-42-37-32-28-24-20-16-12-8-4)68-90-94(83,84)88-64-69(76)63-87-93(81,82)89-67-70(91-74(79)61-57-53-49-45-41-36-31-27-23-19-15-11-7-3)65-85-72(77)59-55-51-47-43-39-35-30-26-22-18-14-10-6-2/h14,18,26,30,69-71,76H,5-13,15-17,19-25,27-29,31-68H2,1-4H3,(H,81,82)(H,83,84)/b18-14-,30-26-. The SMILES string of the molecule is CCC/C=C\C/C=C\CCCCCCCC(=O)OCC(COP(=O)(O)OCC(O)COP(=O)(O)OCC(COC(=O)CCCCCCCCCCCCCCCCC)OC(=O)CCCCCCCCCCCCCCC)OC(=O)CCCCCCCCCCCCCCC. The summed E-state index contributed by atoms with van der Waals surface area (Å²) >= 11 is 0. The summed E-state index contributed by atoms with van der Waals surface area (Å²) < 4.78 is 68.5. The van der Waals surface area contributed by atoms with Gasteiger partial charge >= 0.3 is 39.5 Å². The van der Waals surface area contributed by atoms with Gasteiger partial charge in [-0.1, -0.05) is 322 Å². The maximum absolute atomic E-state index is 13.1. The number of ether oxygens (including phenoxy) is 4. The van der Waals surface area contributed by atoms with Crippen LogP contribution in [-0.4, -0.2) is 96.7 Å². The van der Waals surface area contributed by atoms with Crippen molar-refractivity contribution in [3.8, 4) is 0 Å². The number of carbonyl (C=O) groups is 4. The number of carbonyl (C=O) groups excluding carboxylic acids is 4. The molecule has 3 N–H and O–H groups in total. The third-order valence-corrected chi connectivity index (χ3v) is 18.8. The second kappa shape index (κ2) is 69.0. The molecule has 5 atom stereocenters. The summed E-state index contributed by atoms with van der Waals surface area (Å²) in [6.07, 6.45) is 61.6. The summed E-state index contributed by atoms with van der Waals surface area (Å²) in [6, 6.07) is 0. The van der Waals surface area contributed by atoms with Gasteiger partial charge in [-0.25, -0.2) is 9.13 Å². The molecule has 0 heterocycles. The second-order valence-corrected chi connectivity index (χ2v) is 29.2. The van der Waals surface area contributed by atoms with Crippen LogP contribution in [0.2, 0.25) is 0 Å². The highest BCUT2D eigenvalue weighted by Gasteiger charge is 2.30. The van der Waals surface area contributed by atoms with Crippen LogP contribution in [-0.2, 0) is 65.4 Å². The van der Waals surface area contributed by atoms with Gasteiger partial charge in [0.25, 0.3) is 0 Å². The first-order chi connectivity index (χ1) is 45.7. The maximum atomic E-state index is 13.1. The average Bonchev–Trinajstić information content (AvgIpc) is 2.45. The summed E-state index contributed by atoms with van der Waals surface area (Å²) in [7, 11) is -9.92. The van der Waals surface area contributed by atoms with Gasteiger partial charge < -0.3 is 33.8 Å². The van der Waals surface area contributed by atoms with Gasteiger partial charge in [0.1, 0.15) is 19.3 Å². The Kier molecular flexibility index (Phi) is 67.2. The van der Waals surface area contributed by atoms with Crippen LogP contribution in [0.3, 0.4) is 0 Å². The number of hydrogen-bond donors (Lipinski definition) is 3. The number of aliphatic hydroxyl groups is 1. The van der Waals surface area contributed by atoms with E-state index >= 15 is 0 Å². The van der Waals surface area contributed by atoms with Crippen LogP contribution in [0.25, 0.3) is 0 Å². The summed E-state index contributed by atoms with van der Waals surface area (Å²) in [5.74, 6) is -2.14. The Bertz CT molecular complexity index is 1880. The van der Waals surface area contributed by atoms with Gasteiger partial charge in [0.15, 0.2) is 12.2 Å². The minimum absolute atomic E-state index is 0.102. The minimum Gasteiger partial charge on any atom is -0.462 e. The number of rotatable bonds is 74. The first-order valence-electron chi connectivity index (χ1n) is 38.6. The first kappa shape index (κ1) is 91.5. The van der Waals surface area contributed by atoms with Crippen molar-refractivity contribution in [3.05, 3.63) is 24.3 Å². The van der Waals surface area contributed by atoms with Crippen LogP contribution in [0.1, 0.15) is 374 Å². The number of aliphatic hydroxyl groups excluding tert-OH is 1. The van der Waals surface area contributed by atoms with Crippen molar-refractivity contribution in [2.24, 2.45) is 0 Å². The summed E-state index contributed by atoms with van der Waals surface area (Å²) in [5, 5.41) is 10.6. The van der Waals surface area contributed by atoms with E-state index in [2.05, 4.69) is 52.0 Å². The van der Waals surface area contributed by atoms with Crippen LogP contribution >= 0.6 is 15.6 Å². The average molecular weight is 1380 g/mol. The Balaban J connectivity index is 5.28. The number of esters is 4. The van der Waals surface area contributed by atoms with Crippen molar-refractivity contribution in [2.75, 3.05) is 39.6 Å².